The number of rotatable bonds is 18. The van der Waals surface area contributed by atoms with Gasteiger partial charge in [0.05, 0.1) is 77.4 Å². The number of methoxy groups -OCH3 is 2. The first-order valence-electron chi connectivity index (χ1n) is 20.3. The lowest BCUT2D eigenvalue weighted by atomic mass is 10.1. The Labute approximate surface area is 466 Å². The minimum absolute atomic E-state index is 0.0849. The SMILES string of the molecule is COC(=O)c1cc(Oc2ccc(Cl)cc2Cl)ccc1[N+](=O)[O-].COc1c(Cl)ccc(Cl)c1C(=O)O.C[S+](C)C.O=C(Nc1nc(OC(F)F)cc(OC(F)F)n1)NS(=O)(=O)c1ccccc1C(=O)O.O=C(O)CNCP(=O)([O-])O. The zero-order chi connectivity index (χ0) is 60.5. The predicted octanol–water partition coefficient (Wildman–Crippen LogP) is 7.73. The summed E-state index contributed by atoms with van der Waals surface area (Å²) < 4.78 is 108. The van der Waals surface area contributed by atoms with E-state index in [0.717, 1.165) is 25.3 Å². The molecule has 1 unspecified atom stereocenters. The summed E-state index contributed by atoms with van der Waals surface area (Å²) in [6, 6.07) is 14.5. The van der Waals surface area contributed by atoms with E-state index in [0.29, 0.717) is 27.7 Å². The second-order valence-electron chi connectivity index (χ2n) is 14.2. The third-order valence-electron chi connectivity index (χ3n) is 7.71. The number of nitro groups is 1. The van der Waals surface area contributed by atoms with Crippen LogP contribution in [0.2, 0.25) is 20.1 Å². The van der Waals surface area contributed by atoms with E-state index in [2.05, 4.69) is 42.9 Å². The van der Waals surface area contributed by atoms with Gasteiger partial charge in [-0.2, -0.15) is 27.5 Å². The monoisotopic (exact) mass is 1260 g/mol. The van der Waals surface area contributed by atoms with Crippen molar-refractivity contribution in [2.24, 2.45) is 0 Å². The summed E-state index contributed by atoms with van der Waals surface area (Å²) in [5.41, 5.74) is -1.35. The van der Waals surface area contributed by atoms with Crippen LogP contribution >= 0.6 is 54.0 Å². The van der Waals surface area contributed by atoms with Crippen LogP contribution in [0, 0.1) is 10.1 Å². The minimum atomic E-state index is -4.71. The standard InChI is InChI=1S/C14H9Cl2NO5.C14H10F4N4O7S.C8H6Cl2O3.C3H8NO5P.C3H9S/c1-21-14(18)10-7-9(3-4-12(10)17(19)20)22-13-5-2-8(15)6-11(13)16;15-11(16)28-8-5-9(29-12(17)18)20-13(19-8)21-14(25)22-30(26,27)7-4-2-1-3-6(7)10(23)24;1-13-7-5(10)3-2-4(9)6(7)8(11)12;5-3(6)1-4-2-10(7,8)9;1-4(2)3/h2-7H,1H3;1-5,11-12H,(H,23,24)(H2,19,20,21,22,25);2-3H,1H3,(H,11,12);4H,1-2H2,(H,5,6)(H2,7,8,9);1-3H3/q;;;;+1/p-1. The lowest BCUT2D eigenvalue weighted by Crippen LogP contribution is -2.35. The van der Waals surface area contributed by atoms with Crippen molar-refractivity contribution in [3.05, 3.63) is 126 Å². The molecule has 0 bridgehead atoms. The zero-order valence-corrected chi connectivity index (χ0v) is 46.1. The molecule has 432 valence electrons. The predicted molar refractivity (Wildman–Crippen MR) is 274 cm³/mol. The molecule has 0 saturated heterocycles. The molecule has 0 aliphatic rings. The number of alkyl halides is 4. The van der Waals surface area contributed by atoms with Gasteiger partial charge in [-0.3, -0.25) is 25.5 Å². The van der Waals surface area contributed by atoms with Gasteiger partial charge in [0.1, 0.15) is 35.1 Å². The summed E-state index contributed by atoms with van der Waals surface area (Å²) in [7, 11) is -5.95. The fraction of sp³-hybridized carbons (Fsp3) is 0.214. The highest BCUT2D eigenvalue weighted by atomic mass is 35.5. The van der Waals surface area contributed by atoms with Crippen molar-refractivity contribution in [2.45, 2.75) is 18.1 Å². The number of hydrogen-bond acceptors (Lipinski definition) is 19. The number of nitrogens with zero attached hydrogens (tertiary/aromatic N) is 3. The molecular formula is C42H41Cl4F4N6O20PS2. The van der Waals surface area contributed by atoms with Crippen LogP contribution in [0.4, 0.5) is 34.0 Å². The first kappa shape index (κ1) is 70.0. The number of aliphatic carboxylic acids is 1. The molecule has 1 aromatic heterocycles. The van der Waals surface area contributed by atoms with E-state index in [-0.39, 0.29) is 43.4 Å². The van der Waals surface area contributed by atoms with Crippen LogP contribution in [0.25, 0.3) is 0 Å². The number of urea groups is 1. The fourth-order valence-corrected chi connectivity index (χ4v) is 7.29. The van der Waals surface area contributed by atoms with Crippen LogP contribution in [-0.2, 0) is 35.0 Å². The van der Waals surface area contributed by atoms with Crippen molar-refractivity contribution in [2.75, 3.05) is 51.1 Å². The van der Waals surface area contributed by atoms with Crippen LogP contribution < -0.4 is 39.2 Å². The van der Waals surface area contributed by atoms with Crippen LogP contribution in [0.5, 0.6) is 29.0 Å². The molecule has 2 amide bonds. The van der Waals surface area contributed by atoms with Crippen molar-refractivity contribution in [3.63, 3.8) is 0 Å². The molecule has 1 heterocycles. The lowest BCUT2D eigenvalue weighted by molar-refractivity contribution is -0.385. The van der Waals surface area contributed by atoms with Gasteiger partial charge in [-0.05, 0) is 59.4 Å². The Kier molecular flexibility index (Phi) is 29.6. The van der Waals surface area contributed by atoms with Gasteiger partial charge in [-0.25, -0.2) is 32.3 Å². The Morgan fingerprint density at radius 2 is 1.35 bits per heavy atom. The normalized spacial score (nSPS) is 11.2. The molecule has 4 aromatic carbocycles. The number of carboxylic acid groups (broad SMARTS) is 3. The van der Waals surface area contributed by atoms with Gasteiger partial charge in [0, 0.05) is 17.2 Å². The minimum Gasteiger partial charge on any atom is -0.778 e. The maximum atomic E-state index is 12.3. The number of benzene rings is 4. The first-order valence-corrected chi connectivity index (χ1v) is 27.5. The van der Waals surface area contributed by atoms with Gasteiger partial charge in [0.15, 0.2) is 5.75 Å². The number of aromatic nitrogens is 2. The third-order valence-corrected chi connectivity index (χ3v) is 10.9. The van der Waals surface area contributed by atoms with Crippen LogP contribution in [0.15, 0.2) is 83.8 Å². The summed E-state index contributed by atoms with van der Waals surface area (Å²) in [5.74, 6) is -7.03. The fourth-order valence-electron chi connectivity index (χ4n) is 4.88. The smallest absolute Gasteiger partial charge is 0.388 e. The maximum absolute atomic E-state index is 12.3. The number of halogens is 8. The Balaban J connectivity index is 0.000000554. The average Bonchev–Trinajstić information content (AvgIpc) is 3.31. The average molecular weight is 1260 g/mol. The van der Waals surface area contributed by atoms with Gasteiger partial charge < -0.3 is 53.4 Å². The van der Waals surface area contributed by atoms with Crippen LogP contribution in [0.1, 0.15) is 31.1 Å². The number of anilines is 1. The highest BCUT2D eigenvalue weighted by Gasteiger charge is 2.26. The van der Waals surface area contributed by atoms with Gasteiger partial charge in [0.2, 0.25) is 17.7 Å². The Hall–Kier alpha value is -7.00. The number of esters is 1. The van der Waals surface area contributed by atoms with Crippen molar-refractivity contribution in [1.82, 2.24) is 20.0 Å². The molecule has 0 aliphatic carbocycles. The first-order chi connectivity index (χ1) is 36.6. The molecule has 0 saturated carbocycles. The van der Waals surface area contributed by atoms with Crippen molar-refractivity contribution in [1.29, 1.82) is 0 Å². The number of sulfonamides is 1. The van der Waals surface area contributed by atoms with E-state index >= 15 is 0 Å². The van der Waals surface area contributed by atoms with E-state index in [9.17, 15) is 69.5 Å². The molecule has 5 aromatic rings. The van der Waals surface area contributed by atoms with Gasteiger partial charge in [0.25, 0.3) is 15.7 Å². The van der Waals surface area contributed by atoms with Gasteiger partial charge in [-0.1, -0.05) is 58.5 Å². The number of nitro benzene ring substituents is 1. The zero-order valence-electron chi connectivity index (χ0n) is 40.5. The molecule has 0 fully saturated rings. The van der Waals surface area contributed by atoms with Crippen LogP contribution in [0.3, 0.4) is 0 Å². The highest BCUT2D eigenvalue weighted by molar-refractivity contribution is 7.94. The molecule has 26 nitrogen and oxygen atoms in total. The molecule has 0 aliphatic heterocycles. The second kappa shape index (κ2) is 33.4. The molecule has 1 atom stereocenters. The number of hydrogen-bond donors (Lipinski definition) is 7. The Morgan fingerprint density at radius 3 is 1.81 bits per heavy atom. The van der Waals surface area contributed by atoms with Crippen molar-refractivity contribution >= 4 is 116 Å². The van der Waals surface area contributed by atoms with Crippen molar-refractivity contribution in [3.8, 4) is 29.0 Å². The molecule has 0 radical (unpaired) electrons. The maximum Gasteiger partial charge on any atom is 0.388 e. The van der Waals surface area contributed by atoms with E-state index in [1.54, 1.807) is 17.4 Å². The van der Waals surface area contributed by atoms with E-state index in [1.807, 2.05) is 5.32 Å². The van der Waals surface area contributed by atoms with Crippen molar-refractivity contribution < 1.29 is 108 Å². The van der Waals surface area contributed by atoms with E-state index in [4.69, 9.17) is 76.1 Å². The molecule has 79 heavy (non-hydrogen) atoms. The third kappa shape index (κ3) is 26.5. The summed E-state index contributed by atoms with van der Waals surface area (Å²) in [5, 5.41) is 41.5. The number of carboxylic acids is 3. The number of ether oxygens (including phenoxy) is 5. The number of aromatic carboxylic acids is 2. The molecule has 0 spiro atoms. The molecular weight excluding hydrogens is 1220 g/mol. The summed E-state index contributed by atoms with van der Waals surface area (Å²) >= 11 is 23.1. The Bertz CT molecular complexity index is 3090. The summed E-state index contributed by atoms with van der Waals surface area (Å²) in [6.45, 7) is -7.30. The van der Waals surface area contributed by atoms with Gasteiger partial charge >= 0.3 is 43.1 Å². The second-order valence-corrected chi connectivity index (χ2v) is 21.5. The van der Waals surface area contributed by atoms with Crippen LogP contribution in [-0.4, -0.2) is 132 Å². The molecule has 7 N–H and O–H groups in total. The molecule has 37 heteroatoms. The number of carbonyl (C=O) groups is 5. The lowest BCUT2D eigenvalue weighted by Gasteiger charge is -2.14. The topological polar surface area (TPSA) is 392 Å². The quantitative estimate of drug-likeness (QED) is 0.0110. The summed E-state index contributed by atoms with van der Waals surface area (Å²) in [4.78, 5) is 89.2. The molecule has 5 rings (SSSR count). The largest absolute Gasteiger partial charge is 0.778 e. The summed E-state index contributed by atoms with van der Waals surface area (Å²) in [6.07, 6.45) is 5.87. The number of nitrogens with one attached hydrogen (secondary N) is 3. The Morgan fingerprint density at radius 1 is 0.797 bits per heavy atom. The van der Waals surface area contributed by atoms with Gasteiger partial charge in [-0.15, -0.1) is 0 Å². The van der Waals surface area contributed by atoms with E-state index in [1.165, 1.54) is 54.3 Å². The number of amides is 2. The number of carbonyl (C=O) groups excluding carboxylic acids is 2. The highest BCUT2D eigenvalue weighted by Crippen LogP contribution is 2.35. The van der Waals surface area contributed by atoms with E-state index < -0.39 is 107 Å².